The molecule has 0 unspecified atom stereocenters. The number of hydrogen-bond donors (Lipinski definition) is 1. The van der Waals surface area contributed by atoms with Crippen LogP contribution in [0.5, 0.6) is 0 Å². The van der Waals surface area contributed by atoms with E-state index < -0.39 is 11.1 Å². The van der Waals surface area contributed by atoms with Crippen LogP contribution in [0.15, 0.2) is 0 Å². The highest BCUT2D eigenvalue weighted by Gasteiger charge is 2.53. The van der Waals surface area contributed by atoms with E-state index in [1.807, 2.05) is 27.7 Å². The van der Waals surface area contributed by atoms with Crippen molar-refractivity contribution in [3.63, 3.8) is 0 Å². The zero-order valence-electron chi connectivity index (χ0n) is 13.1. The number of amides is 4. The van der Waals surface area contributed by atoms with Gasteiger partial charge in [0.1, 0.15) is 11.1 Å². The molecular weight excluding hydrogens is 274 g/mol. The first kappa shape index (κ1) is 15.6. The van der Waals surface area contributed by atoms with Crippen LogP contribution >= 0.6 is 0 Å². The van der Waals surface area contributed by atoms with Gasteiger partial charge in [0.2, 0.25) is 0 Å². The van der Waals surface area contributed by atoms with E-state index in [0.717, 1.165) is 0 Å². The molecule has 4 amide bonds. The average Bonchev–Trinajstić information content (AvgIpc) is 2.59. The Balaban J connectivity index is 2.04. The second kappa shape index (κ2) is 5.20. The lowest BCUT2D eigenvalue weighted by Crippen LogP contribution is -2.57. The van der Waals surface area contributed by atoms with Crippen LogP contribution in [0.3, 0.4) is 0 Å². The Labute approximate surface area is 124 Å². The smallest absolute Gasteiger partial charge is 0.410 e. The molecule has 0 bridgehead atoms. The molecule has 118 valence electrons. The molecule has 21 heavy (non-hydrogen) atoms. The molecule has 0 saturated carbocycles. The summed E-state index contributed by atoms with van der Waals surface area (Å²) in [5.74, 6) is -0.252. The summed E-state index contributed by atoms with van der Waals surface area (Å²) >= 11 is 0. The van der Waals surface area contributed by atoms with Gasteiger partial charge in [0.25, 0.3) is 5.91 Å². The highest BCUT2D eigenvalue weighted by molar-refractivity contribution is 6.07. The molecule has 1 N–H and O–H groups in total. The maximum Gasteiger partial charge on any atom is 0.410 e. The van der Waals surface area contributed by atoms with Gasteiger partial charge in [-0.1, -0.05) is 0 Å². The third kappa shape index (κ3) is 2.82. The number of nitrogens with one attached hydrogen (secondary N) is 1. The Hall–Kier alpha value is -1.79. The number of carbonyl (C=O) groups excluding carboxylic acids is 3. The maximum atomic E-state index is 12.1. The van der Waals surface area contributed by atoms with Crippen LogP contribution in [0.4, 0.5) is 9.59 Å². The van der Waals surface area contributed by atoms with E-state index in [9.17, 15) is 14.4 Å². The van der Waals surface area contributed by atoms with Gasteiger partial charge < -0.3 is 14.5 Å². The van der Waals surface area contributed by atoms with Gasteiger partial charge >= 0.3 is 12.1 Å². The fraction of sp³-hybridized carbons (Fsp3) is 0.786. The molecule has 2 rings (SSSR count). The van der Waals surface area contributed by atoms with E-state index in [4.69, 9.17) is 4.74 Å². The summed E-state index contributed by atoms with van der Waals surface area (Å²) in [6.45, 7) is 8.59. The van der Waals surface area contributed by atoms with E-state index in [2.05, 4.69) is 5.32 Å². The molecule has 0 aromatic heterocycles. The van der Waals surface area contributed by atoms with Crippen LogP contribution in [0.2, 0.25) is 0 Å². The summed E-state index contributed by atoms with van der Waals surface area (Å²) in [6.07, 6.45) is 0.514. The van der Waals surface area contributed by atoms with Crippen molar-refractivity contribution < 1.29 is 19.1 Å². The number of rotatable bonds is 1. The van der Waals surface area contributed by atoms with Gasteiger partial charge in [-0.3, -0.25) is 10.1 Å². The van der Waals surface area contributed by atoms with Crippen molar-refractivity contribution in [1.29, 1.82) is 0 Å². The van der Waals surface area contributed by atoms with Crippen LogP contribution in [-0.2, 0) is 9.53 Å². The van der Waals surface area contributed by atoms with Crippen LogP contribution in [0.1, 0.15) is 40.5 Å². The van der Waals surface area contributed by atoms with Crippen molar-refractivity contribution in [2.75, 3.05) is 19.6 Å². The molecule has 7 heteroatoms. The van der Waals surface area contributed by atoms with E-state index in [-0.39, 0.29) is 18.0 Å². The minimum Gasteiger partial charge on any atom is -0.444 e. The molecular formula is C14H23N3O4. The van der Waals surface area contributed by atoms with E-state index in [1.165, 1.54) is 0 Å². The summed E-state index contributed by atoms with van der Waals surface area (Å²) in [4.78, 5) is 39.1. The fourth-order valence-corrected chi connectivity index (χ4v) is 2.93. The Morgan fingerprint density at radius 1 is 1.29 bits per heavy atom. The first-order valence-corrected chi connectivity index (χ1v) is 7.30. The summed E-state index contributed by atoms with van der Waals surface area (Å²) < 4.78 is 5.34. The lowest BCUT2D eigenvalue weighted by atomic mass is 9.86. The molecule has 2 saturated heterocycles. The number of ether oxygens (including phenoxy) is 1. The van der Waals surface area contributed by atoms with Gasteiger partial charge in [-0.2, -0.15) is 0 Å². The summed E-state index contributed by atoms with van der Waals surface area (Å²) in [7, 11) is 0. The Kier molecular flexibility index (Phi) is 3.86. The number of imide groups is 1. The molecule has 2 aliphatic rings. The molecule has 0 aliphatic carbocycles. The second-order valence-corrected chi connectivity index (χ2v) is 6.50. The van der Waals surface area contributed by atoms with Crippen LogP contribution in [0.25, 0.3) is 0 Å². The predicted molar refractivity (Wildman–Crippen MR) is 75.7 cm³/mol. The maximum absolute atomic E-state index is 12.1. The number of urea groups is 1. The van der Waals surface area contributed by atoms with Gasteiger partial charge in [0.05, 0.1) is 0 Å². The number of carbonyl (C=O) groups is 3. The van der Waals surface area contributed by atoms with Crippen molar-refractivity contribution in [2.24, 2.45) is 0 Å². The van der Waals surface area contributed by atoms with Crippen molar-refractivity contribution in [3.05, 3.63) is 0 Å². The van der Waals surface area contributed by atoms with Gasteiger partial charge in [0.15, 0.2) is 0 Å². The Morgan fingerprint density at radius 3 is 2.33 bits per heavy atom. The second-order valence-electron chi connectivity index (χ2n) is 6.50. The lowest BCUT2D eigenvalue weighted by Gasteiger charge is -2.41. The molecule has 7 nitrogen and oxygen atoms in total. The van der Waals surface area contributed by atoms with Crippen LogP contribution in [-0.4, -0.2) is 58.6 Å². The third-order valence-electron chi connectivity index (χ3n) is 3.96. The zero-order chi connectivity index (χ0) is 15.8. The zero-order valence-corrected chi connectivity index (χ0v) is 13.1. The molecule has 0 aromatic carbocycles. The summed E-state index contributed by atoms with van der Waals surface area (Å²) in [6, 6.07) is -0.340. The molecule has 2 fully saturated rings. The molecule has 0 aromatic rings. The first-order valence-electron chi connectivity index (χ1n) is 7.30. The highest BCUT2D eigenvalue weighted by Crippen LogP contribution is 2.33. The standard InChI is InChI=1S/C14H23N3O4/c1-5-17-11(19)15-10(18)14(17)6-8-16(9-7-14)12(20)21-13(2,3)4/h5-9H2,1-4H3,(H,15,18,19). The number of likely N-dealkylation sites (tertiary alicyclic amines) is 1. The SMILES string of the molecule is CCN1C(=O)NC(=O)C12CCN(C(=O)OC(C)(C)C)CC2. The monoisotopic (exact) mass is 297 g/mol. The lowest BCUT2D eigenvalue weighted by molar-refractivity contribution is -0.129. The van der Waals surface area contributed by atoms with Gasteiger partial charge in [0, 0.05) is 19.6 Å². The van der Waals surface area contributed by atoms with Gasteiger partial charge in [-0.25, -0.2) is 9.59 Å². The van der Waals surface area contributed by atoms with Crippen molar-refractivity contribution in [1.82, 2.24) is 15.1 Å². The Morgan fingerprint density at radius 2 is 1.86 bits per heavy atom. The van der Waals surface area contributed by atoms with E-state index >= 15 is 0 Å². The number of likely N-dealkylation sites (N-methyl/N-ethyl adjacent to an activating group) is 1. The highest BCUT2D eigenvalue weighted by atomic mass is 16.6. The van der Waals surface area contributed by atoms with Crippen molar-refractivity contribution in [2.45, 2.75) is 51.7 Å². The molecule has 0 radical (unpaired) electrons. The summed E-state index contributed by atoms with van der Waals surface area (Å²) in [5, 5.41) is 2.37. The topological polar surface area (TPSA) is 79.0 Å². The van der Waals surface area contributed by atoms with Gasteiger partial charge in [-0.05, 0) is 40.5 Å². The fourth-order valence-electron chi connectivity index (χ4n) is 2.93. The molecule has 2 heterocycles. The largest absolute Gasteiger partial charge is 0.444 e. The minimum absolute atomic E-state index is 0.252. The van der Waals surface area contributed by atoms with Crippen molar-refractivity contribution in [3.8, 4) is 0 Å². The molecule has 0 atom stereocenters. The van der Waals surface area contributed by atoms with Crippen LogP contribution in [0, 0.1) is 0 Å². The van der Waals surface area contributed by atoms with Gasteiger partial charge in [-0.15, -0.1) is 0 Å². The third-order valence-corrected chi connectivity index (χ3v) is 3.96. The minimum atomic E-state index is -0.801. The van der Waals surface area contributed by atoms with E-state index in [1.54, 1.807) is 9.80 Å². The predicted octanol–water partition coefficient (Wildman–Crippen LogP) is 1.33. The van der Waals surface area contributed by atoms with Crippen molar-refractivity contribution >= 4 is 18.0 Å². The number of piperidine rings is 1. The van der Waals surface area contributed by atoms with E-state index in [0.29, 0.717) is 32.5 Å². The number of nitrogens with zero attached hydrogens (tertiary/aromatic N) is 2. The van der Waals surface area contributed by atoms with Crippen LogP contribution < -0.4 is 5.32 Å². The molecule has 1 spiro atoms. The first-order chi connectivity index (χ1) is 9.69. The normalized spacial score (nSPS) is 21.7. The average molecular weight is 297 g/mol. The number of hydrogen-bond acceptors (Lipinski definition) is 4. The summed E-state index contributed by atoms with van der Waals surface area (Å²) in [5.41, 5.74) is -1.34. The Bertz CT molecular complexity index is 461. The quantitative estimate of drug-likeness (QED) is 0.741. The molecule has 2 aliphatic heterocycles.